The Kier molecular flexibility index (Phi) is 6.68. The Hall–Kier alpha value is -1.97. The quantitative estimate of drug-likeness (QED) is 0.387. The van der Waals surface area contributed by atoms with Crippen molar-refractivity contribution in [1.82, 2.24) is 0 Å². The molecule has 3 rings (SSSR count). The van der Waals surface area contributed by atoms with Crippen LogP contribution in [0, 0.1) is 11.8 Å². The van der Waals surface area contributed by atoms with Crippen LogP contribution < -0.4 is 10.4 Å². The van der Waals surface area contributed by atoms with Crippen LogP contribution in [0.5, 0.6) is 0 Å². The van der Waals surface area contributed by atoms with Gasteiger partial charge in [-0.1, -0.05) is 93.6 Å². The smallest absolute Gasteiger partial charge is 0.261 e. The van der Waals surface area contributed by atoms with Gasteiger partial charge < -0.3 is 9.22 Å². The zero-order valence-electron chi connectivity index (χ0n) is 17.3. The molecule has 2 nitrogen and oxygen atoms in total. The molecule has 0 saturated carbocycles. The second-order valence-electron chi connectivity index (χ2n) is 8.84. The van der Waals surface area contributed by atoms with Gasteiger partial charge in [-0.25, -0.2) is 0 Å². The summed E-state index contributed by atoms with van der Waals surface area (Å²) in [5.41, 5.74) is 0. The van der Waals surface area contributed by atoms with Gasteiger partial charge in [-0.3, -0.25) is 0 Å². The van der Waals surface area contributed by atoms with Gasteiger partial charge >= 0.3 is 0 Å². The lowest BCUT2D eigenvalue weighted by atomic mass is 9.82. The molecule has 148 valence electrons. The van der Waals surface area contributed by atoms with Crippen LogP contribution in [0.25, 0.3) is 0 Å². The normalized spacial score (nSPS) is 20.1. The largest absolute Gasteiger partial charge is 0.407 e. The van der Waals surface area contributed by atoms with E-state index in [1.165, 1.54) is 10.4 Å². The van der Waals surface area contributed by atoms with Crippen LogP contribution in [-0.4, -0.2) is 21.2 Å². The lowest BCUT2D eigenvalue weighted by Crippen LogP contribution is -2.67. The molecule has 0 N–H and O–H groups in total. The highest BCUT2D eigenvalue weighted by atomic mass is 28.4. The molecule has 0 radical (unpaired) electrons. The van der Waals surface area contributed by atoms with E-state index in [1.54, 1.807) is 0 Å². The topological polar surface area (TPSA) is 26.3 Å². The first-order valence-electron chi connectivity index (χ1n) is 10.3. The molecule has 0 amide bonds. The lowest BCUT2D eigenvalue weighted by molar-refractivity contribution is -0.109. The summed E-state index contributed by atoms with van der Waals surface area (Å²) in [4.78, 5) is 11.2. The van der Waals surface area contributed by atoms with Crippen molar-refractivity contribution >= 4 is 25.0 Å². The molecule has 1 aliphatic carbocycles. The molecule has 0 saturated heterocycles. The first-order chi connectivity index (χ1) is 13.5. The summed E-state index contributed by atoms with van der Waals surface area (Å²) >= 11 is 0. The number of carbonyl (C=O) groups is 1. The van der Waals surface area contributed by atoms with Gasteiger partial charge in [0.2, 0.25) is 0 Å². The van der Waals surface area contributed by atoms with Gasteiger partial charge in [-0.15, -0.1) is 0 Å². The molecule has 3 heteroatoms. The van der Waals surface area contributed by atoms with Crippen molar-refractivity contribution < 1.29 is 9.22 Å². The predicted octanol–water partition coefficient (Wildman–Crippen LogP) is 4.73. The predicted molar refractivity (Wildman–Crippen MR) is 120 cm³/mol. The minimum absolute atomic E-state index is 0.0135. The maximum atomic E-state index is 11.2. The molecular formula is C25H32O2Si. The summed E-state index contributed by atoms with van der Waals surface area (Å²) in [6.07, 6.45) is 8.14. The summed E-state index contributed by atoms with van der Waals surface area (Å²) in [5.74, 6) is 0.789. The fourth-order valence-electron chi connectivity index (χ4n) is 4.54. The summed E-state index contributed by atoms with van der Waals surface area (Å²) in [6, 6.07) is 21.5. The molecule has 2 aromatic carbocycles. The molecule has 0 spiro atoms. The van der Waals surface area contributed by atoms with Gasteiger partial charge in [-0.2, -0.15) is 0 Å². The van der Waals surface area contributed by atoms with E-state index in [9.17, 15) is 4.79 Å². The number of rotatable bonds is 7. The van der Waals surface area contributed by atoms with Crippen LogP contribution >= 0.6 is 0 Å². The standard InChI is InChI=1S/C25H32O2Si/c1-25(2,3)28(23-14-6-4-7-15-23,24-16-8-5-9-17-24)27-20-22-13-11-10-12-21(22)18-19-26/h4-11,14-17,19,21-22H,12-13,18,20H2,1-3H3/t21-,22+/m1/s1. The van der Waals surface area contributed by atoms with Crippen molar-refractivity contribution in [2.75, 3.05) is 6.61 Å². The zero-order valence-corrected chi connectivity index (χ0v) is 18.3. The second-order valence-corrected chi connectivity index (χ2v) is 13.1. The first kappa shape index (κ1) is 20.8. The van der Waals surface area contributed by atoms with E-state index < -0.39 is 8.32 Å². The third-order valence-electron chi connectivity index (χ3n) is 6.04. The maximum Gasteiger partial charge on any atom is 0.261 e. The highest BCUT2D eigenvalue weighted by molar-refractivity contribution is 6.99. The van der Waals surface area contributed by atoms with Crippen molar-refractivity contribution in [3.8, 4) is 0 Å². The van der Waals surface area contributed by atoms with Crippen LogP contribution in [0.3, 0.4) is 0 Å². The number of aldehydes is 1. The Morgan fingerprint density at radius 3 is 1.86 bits per heavy atom. The third kappa shape index (κ3) is 4.21. The average Bonchev–Trinajstić information content (AvgIpc) is 2.70. The van der Waals surface area contributed by atoms with Crippen molar-refractivity contribution in [3.63, 3.8) is 0 Å². The highest BCUT2D eigenvalue weighted by Crippen LogP contribution is 2.38. The van der Waals surface area contributed by atoms with E-state index in [2.05, 4.69) is 93.6 Å². The van der Waals surface area contributed by atoms with E-state index in [1.807, 2.05) is 0 Å². The lowest BCUT2D eigenvalue weighted by Gasteiger charge is -2.44. The summed E-state index contributed by atoms with van der Waals surface area (Å²) in [6.45, 7) is 7.63. The van der Waals surface area contributed by atoms with Gasteiger partial charge in [0.25, 0.3) is 8.32 Å². The summed E-state index contributed by atoms with van der Waals surface area (Å²) in [5, 5.41) is 2.61. The van der Waals surface area contributed by atoms with E-state index in [4.69, 9.17) is 4.43 Å². The van der Waals surface area contributed by atoms with Gasteiger partial charge in [0.15, 0.2) is 0 Å². The van der Waals surface area contributed by atoms with Crippen LogP contribution in [0.2, 0.25) is 5.04 Å². The summed E-state index contributed by atoms with van der Waals surface area (Å²) < 4.78 is 7.07. The number of allylic oxidation sites excluding steroid dienone is 2. The van der Waals surface area contributed by atoms with Gasteiger partial charge in [-0.05, 0) is 40.1 Å². The fourth-order valence-corrected chi connectivity index (χ4v) is 9.16. The Labute approximate surface area is 170 Å². The molecule has 2 atom stereocenters. The SMILES string of the molecule is CC(C)(C)[Si](OC[C@@H]1CC=CC[C@@H]1CC=O)(c1ccccc1)c1ccccc1. The van der Waals surface area contributed by atoms with E-state index in [-0.39, 0.29) is 5.04 Å². The van der Waals surface area contributed by atoms with Gasteiger partial charge in [0.1, 0.15) is 6.29 Å². The van der Waals surface area contributed by atoms with Crippen LogP contribution in [-0.2, 0) is 9.22 Å². The zero-order chi connectivity index (χ0) is 20.0. The molecule has 0 fully saturated rings. The number of hydrogen-bond acceptors (Lipinski definition) is 2. The van der Waals surface area contributed by atoms with E-state index >= 15 is 0 Å². The van der Waals surface area contributed by atoms with Gasteiger partial charge in [0, 0.05) is 13.0 Å². The third-order valence-corrected chi connectivity index (χ3v) is 11.0. The molecule has 0 unspecified atom stereocenters. The number of carbonyl (C=O) groups excluding carboxylic acids is 1. The highest BCUT2D eigenvalue weighted by Gasteiger charge is 2.50. The minimum Gasteiger partial charge on any atom is -0.407 e. The Morgan fingerprint density at radius 2 is 1.39 bits per heavy atom. The van der Waals surface area contributed by atoms with Crippen molar-refractivity contribution in [2.24, 2.45) is 11.8 Å². The monoisotopic (exact) mass is 392 g/mol. The summed E-state index contributed by atoms with van der Waals surface area (Å²) in [7, 11) is -2.50. The molecule has 0 aliphatic heterocycles. The number of hydrogen-bond donors (Lipinski definition) is 0. The molecule has 28 heavy (non-hydrogen) atoms. The molecule has 0 aromatic heterocycles. The van der Waals surface area contributed by atoms with Crippen LogP contribution in [0.4, 0.5) is 0 Å². The van der Waals surface area contributed by atoms with Crippen molar-refractivity contribution in [1.29, 1.82) is 0 Å². The van der Waals surface area contributed by atoms with Gasteiger partial charge in [0.05, 0.1) is 0 Å². The molecular weight excluding hydrogens is 360 g/mol. The van der Waals surface area contributed by atoms with Crippen LogP contribution in [0.15, 0.2) is 72.8 Å². The Bertz CT molecular complexity index is 738. The first-order valence-corrected chi connectivity index (χ1v) is 12.2. The minimum atomic E-state index is -2.50. The van der Waals surface area contributed by atoms with E-state index in [0.29, 0.717) is 24.9 Å². The van der Waals surface area contributed by atoms with Crippen molar-refractivity contribution in [2.45, 2.75) is 45.1 Å². The fraction of sp³-hybridized carbons (Fsp3) is 0.400. The second kappa shape index (κ2) is 9.02. The molecule has 0 bridgehead atoms. The average molecular weight is 393 g/mol. The molecule has 0 heterocycles. The van der Waals surface area contributed by atoms with E-state index in [0.717, 1.165) is 19.1 Å². The Balaban J connectivity index is 2.01. The number of benzene rings is 2. The van der Waals surface area contributed by atoms with Crippen LogP contribution in [0.1, 0.15) is 40.0 Å². The molecule has 1 aliphatic rings. The van der Waals surface area contributed by atoms with Crippen molar-refractivity contribution in [3.05, 3.63) is 72.8 Å². The maximum absolute atomic E-state index is 11.2. The molecule has 2 aromatic rings. The Morgan fingerprint density at radius 1 is 0.893 bits per heavy atom.